The number of amides is 1. The normalized spacial score (nSPS) is 26.7. The third kappa shape index (κ3) is 2.92. The van der Waals surface area contributed by atoms with Crippen molar-refractivity contribution in [3.63, 3.8) is 0 Å². The average Bonchev–Trinajstić information content (AvgIpc) is 3.36. The number of anilines is 3. The Hall–Kier alpha value is -3.02. The van der Waals surface area contributed by atoms with Gasteiger partial charge in [0.1, 0.15) is 0 Å². The highest BCUT2D eigenvalue weighted by atomic mass is 16.1. The van der Waals surface area contributed by atoms with Crippen LogP contribution in [-0.4, -0.2) is 16.1 Å². The molecule has 160 valence electrons. The minimum absolute atomic E-state index is 0.114. The summed E-state index contributed by atoms with van der Waals surface area (Å²) < 4.78 is 0. The molecular weight excluding hydrogens is 386 g/mol. The van der Waals surface area contributed by atoms with Gasteiger partial charge >= 0.3 is 0 Å². The van der Waals surface area contributed by atoms with Crippen LogP contribution in [0.3, 0.4) is 0 Å². The number of fused-ring (bicyclic) bond motifs is 5. The van der Waals surface area contributed by atoms with E-state index in [9.17, 15) is 4.79 Å². The van der Waals surface area contributed by atoms with Crippen LogP contribution >= 0.6 is 0 Å². The Balaban J connectivity index is 1.47. The summed E-state index contributed by atoms with van der Waals surface area (Å²) in [6, 6.07) is 11.3. The third-order valence-electron chi connectivity index (χ3n) is 7.74. The van der Waals surface area contributed by atoms with Gasteiger partial charge in [0.2, 0.25) is 5.91 Å². The van der Waals surface area contributed by atoms with Crippen LogP contribution in [0.1, 0.15) is 67.7 Å². The summed E-state index contributed by atoms with van der Waals surface area (Å²) in [6.45, 7) is 2.30. The lowest BCUT2D eigenvalue weighted by Crippen LogP contribution is -2.31. The van der Waals surface area contributed by atoms with Gasteiger partial charge in [-0.05, 0) is 71.9 Å². The van der Waals surface area contributed by atoms with Crippen LogP contribution < -0.4 is 16.4 Å². The first-order chi connectivity index (χ1) is 15.1. The maximum absolute atomic E-state index is 12.0. The summed E-state index contributed by atoms with van der Waals surface area (Å²) in [5.74, 6) is 2.50. The summed E-state index contributed by atoms with van der Waals surface area (Å²) in [4.78, 5) is 12.0. The molecular formula is C25H29N5O. The Morgan fingerprint density at radius 2 is 2.03 bits per heavy atom. The molecule has 6 rings (SSSR count). The molecule has 31 heavy (non-hydrogen) atoms. The number of aromatic nitrogens is 2. The van der Waals surface area contributed by atoms with Crippen LogP contribution in [0, 0.1) is 11.8 Å². The summed E-state index contributed by atoms with van der Waals surface area (Å²) in [5.41, 5.74) is 13.2. The number of nitrogen functional groups attached to an aromatic ring is 1. The highest BCUT2D eigenvalue weighted by Crippen LogP contribution is 2.57. The van der Waals surface area contributed by atoms with Crippen LogP contribution in [0.25, 0.3) is 10.9 Å². The molecule has 4 atom stereocenters. The number of nitrogens with zero attached hydrogens (tertiary/aromatic N) is 1. The molecule has 0 spiro atoms. The van der Waals surface area contributed by atoms with Crippen molar-refractivity contribution >= 4 is 34.0 Å². The zero-order valence-electron chi connectivity index (χ0n) is 17.9. The number of nitrogens with one attached hydrogen (secondary N) is 3. The fourth-order valence-electron chi connectivity index (χ4n) is 6.37. The first-order valence-electron chi connectivity index (χ1n) is 11.6. The first-order valence-corrected chi connectivity index (χ1v) is 11.6. The number of nitrogens with two attached hydrogens (primary N) is 1. The first kappa shape index (κ1) is 18.7. The Morgan fingerprint density at radius 1 is 1.13 bits per heavy atom. The van der Waals surface area contributed by atoms with Crippen LogP contribution in [0.15, 0.2) is 30.3 Å². The van der Waals surface area contributed by atoms with Gasteiger partial charge in [0.25, 0.3) is 0 Å². The van der Waals surface area contributed by atoms with E-state index in [1.807, 2.05) is 0 Å². The van der Waals surface area contributed by atoms with E-state index in [1.165, 1.54) is 48.1 Å². The smallest absolute Gasteiger partial charge is 0.224 e. The maximum Gasteiger partial charge on any atom is 0.224 e. The summed E-state index contributed by atoms with van der Waals surface area (Å²) in [7, 11) is 0. The van der Waals surface area contributed by atoms with Gasteiger partial charge in [-0.2, -0.15) is 5.10 Å². The summed E-state index contributed by atoms with van der Waals surface area (Å²) >= 11 is 0. The third-order valence-corrected chi connectivity index (χ3v) is 7.74. The second kappa shape index (κ2) is 7.01. The van der Waals surface area contributed by atoms with Crippen molar-refractivity contribution in [2.75, 3.05) is 16.4 Å². The zero-order chi connectivity index (χ0) is 21.1. The molecule has 3 aromatic rings. The minimum atomic E-state index is 0.114. The topological polar surface area (TPSA) is 95.8 Å². The number of hydrogen-bond donors (Lipinski definition) is 4. The number of aromatic amines is 1. The number of benzene rings is 2. The van der Waals surface area contributed by atoms with Gasteiger partial charge in [0, 0.05) is 23.2 Å². The van der Waals surface area contributed by atoms with Gasteiger partial charge in [-0.25, -0.2) is 0 Å². The number of H-pyrrole nitrogens is 1. The van der Waals surface area contributed by atoms with E-state index in [4.69, 9.17) is 5.73 Å². The van der Waals surface area contributed by atoms with Crippen molar-refractivity contribution in [2.45, 2.75) is 57.4 Å². The molecule has 5 N–H and O–H groups in total. The Morgan fingerprint density at radius 3 is 2.90 bits per heavy atom. The maximum atomic E-state index is 12.0. The molecule has 1 aliphatic carbocycles. The standard InChI is InChI=1S/C25H29N5O/c1-2-3-13-4-7-16-23(13)17-10-14-6-9-22(31)27-20(14)12-21(17)28-24(16)15-5-8-19-18(11-15)25(26)30-29-19/h5,8,10-13,16,23-24,28H,2-4,6-7,9H2,1H3,(H,27,31)(H3,26,29,30)/t13?,16-,23+,24+/m1/s1. The van der Waals surface area contributed by atoms with Gasteiger partial charge in [-0.3, -0.25) is 9.89 Å². The Kier molecular flexibility index (Phi) is 4.23. The van der Waals surface area contributed by atoms with Crippen LogP contribution in [0.5, 0.6) is 0 Å². The number of carbonyl (C=O) groups excluding carboxylic acids is 1. The molecule has 1 amide bonds. The van der Waals surface area contributed by atoms with E-state index in [1.54, 1.807) is 0 Å². The molecule has 1 unspecified atom stereocenters. The lowest BCUT2D eigenvalue weighted by Gasteiger charge is -2.40. The van der Waals surface area contributed by atoms with Crippen molar-refractivity contribution in [1.82, 2.24) is 10.2 Å². The minimum Gasteiger partial charge on any atom is -0.382 e. The van der Waals surface area contributed by atoms with Gasteiger partial charge in [-0.15, -0.1) is 0 Å². The van der Waals surface area contributed by atoms with E-state index >= 15 is 0 Å². The molecule has 1 fully saturated rings. The number of hydrogen-bond acceptors (Lipinski definition) is 4. The Labute approximate surface area is 182 Å². The fourth-order valence-corrected chi connectivity index (χ4v) is 6.37. The second-order valence-electron chi connectivity index (χ2n) is 9.50. The summed E-state index contributed by atoms with van der Waals surface area (Å²) in [5, 5.41) is 15.1. The molecule has 0 saturated heterocycles. The highest BCUT2D eigenvalue weighted by molar-refractivity contribution is 5.95. The van der Waals surface area contributed by atoms with E-state index < -0.39 is 0 Å². The highest BCUT2D eigenvalue weighted by Gasteiger charge is 2.45. The predicted octanol–water partition coefficient (Wildman–Crippen LogP) is 5.11. The number of aryl methyl sites for hydroxylation is 1. The van der Waals surface area contributed by atoms with Crippen molar-refractivity contribution in [3.8, 4) is 0 Å². The molecule has 1 aromatic heterocycles. The molecule has 6 nitrogen and oxygen atoms in total. The lowest BCUT2D eigenvalue weighted by molar-refractivity contribution is -0.116. The monoisotopic (exact) mass is 415 g/mol. The lowest BCUT2D eigenvalue weighted by atomic mass is 9.72. The van der Waals surface area contributed by atoms with Crippen molar-refractivity contribution in [3.05, 3.63) is 47.0 Å². The Bertz CT molecular complexity index is 1180. The molecule has 1 saturated carbocycles. The van der Waals surface area contributed by atoms with Crippen molar-refractivity contribution < 1.29 is 4.79 Å². The van der Waals surface area contributed by atoms with Crippen LogP contribution in [0.2, 0.25) is 0 Å². The summed E-state index contributed by atoms with van der Waals surface area (Å²) in [6.07, 6.45) is 6.43. The van der Waals surface area contributed by atoms with Gasteiger partial charge in [0.15, 0.2) is 5.82 Å². The van der Waals surface area contributed by atoms with Crippen LogP contribution in [-0.2, 0) is 11.2 Å². The van der Waals surface area contributed by atoms with Gasteiger partial charge in [0.05, 0.1) is 11.6 Å². The predicted molar refractivity (Wildman–Crippen MR) is 124 cm³/mol. The molecule has 2 aliphatic heterocycles. The molecule has 0 bridgehead atoms. The number of carbonyl (C=O) groups is 1. The fraction of sp³-hybridized carbons (Fsp3) is 0.440. The largest absolute Gasteiger partial charge is 0.382 e. The molecule has 3 aliphatic rings. The average molecular weight is 416 g/mol. The zero-order valence-corrected chi connectivity index (χ0v) is 17.9. The van der Waals surface area contributed by atoms with E-state index in [-0.39, 0.29) is 11.9 Å². The van der Waals surface area contributed by atoms with E-state index in [0.717, 1.165) is 28.9 Å². The molecule has 6 heteroatoms. The van der Waals surface area contributed by atoms with Crippen molar-refractivity contribution in [1.29, 1.82) is 0 Å². The second-order valence-corrected chi connectivity index (χ2v) is 9.50. The molecule has 0 radical (unpaired) electrons. The molecule has 3 heterocycles. The van der Waals surface area contributed by atoms with E-state index in [2.05, 4.69) is 58.1 Å². The van der Waals surface area contributed by atoms with Crippen molar-refractivity contribution in [2.24, 2.45) is 11.8 Å². The van der Waals surface area contributed by atoms with Crippen LogP contribution in [0.4, 0.5) is 17.2 Å². The van der Waals surface area contributed by atoms with E-state index in [0.29, 0.717) is 24.1 Å². The number of rotatable bonds is 3. The quantitative estimate of drug-likeness (QED) is 0.478. The SMILES string of the molecule is CCCC1CC[C@H]2[C@H](c3ccc4[nH]nc(N)c4c3)Nc3cc4c(cc3[C@@H]12)CCC(=O)N4. The molecule has 2 aromatic carbocycles. The van der Waals surface area contributed by atoms with Gasteiger partial charge < -0.3 is 16.4 Å². The van der Waals surface area contributed by atoms with Gasteiger partial charge in [-0.1, -0.05) is 31.9 Å².